The Morgan fingerprint density at radius 2 is 2.05 bits per heavy atom. The van der Waals surface area contributed by atoms with Crippen LogP contribution in [0.4, 0.5) is 4.39 Å². The van der Waals surface area contributed by atoms with Crippen molar-refractivity contribution in [3.8, 4) is 11.8 Å². The van der Waals surface area contributed by atoms with Crippen LogP contribution in [-0.4, -0.2) is 5.78 Å². The zero-order valence-electron chi connectivity index (χ0n) is 11.8. The van der Waals surface area contributed by atoms with Crippen molar-refractivity contribution in [3.05, 3.63) is 64.5 Å². The summed E-state index contributed by atoms with van der Waals surface area (Å²) in [6.07, 6.45) is 0. The van der Waals surface area contributed by atoms with Crippen molar-refractivity contribution < 1.29 is 13.9 Å². The Hall–Kier alpha value is -2.67. The van der Waals surface area contributed by atoms with Crippen LogP contribution >= 0.6 is 0 Å². The number of nitriles is 1. The number of ether oxygens (including phenoxy) is 1. The lowest BCUT2D eigenvalue weighted by molar-refractivity contribution is 0.101. The largest absolute Gasteiger partial charge is 0.489 e. The van der Waals surface area contributed by atoms with Gasteiger partial charge in [0.05, 0.1) is 11.6 Å². The molecule has 2 aromatic carbocycles. The van der Waals surface area contributed by atoms with E-state index in [9.17, 15) is 9.18 Å². The number of carbonyl (C=O) groups is 1. The van der Waals surface area contributed by atoms with Crippen LogP contribution in [0.1, 0.15) is 34.0 Å². The quantitative estimate of drug-likeness (QED) is 0.802. The van der Waals surface area contributed by atoms with Crippen molar-refractivity contribution in [2.45, 2.75) is 20.5 Å². The van der Waals surface area contributed by atoms with Crippen molar-refractivity contribution in [1.82, 2.24) is 0 Å². The Kier molecular flexibility index (Phi) is 4.34. The number of nitrogens with zero attached hydrogens (tertiary/aromatic N) is 1. The first-order valence-electron chi connectivity index (χ1n) is 6.44. The fourth-order valence-electron chi connectivity index (χ4n) is 1.92. The fraction of sp³-hybridized carbons (Fsp3) is 0.176. The van der Waals surface area contributed by atoms with E-state index in [-0.39, 0.29) is 18.0 Å². The molecule has 0 saturated heterocycles. The molecule has 106 valence electrons. The second-order valence-corrected chi connectivity index (χ2v) is 4.74. The molecule has 0 radical (unpaired) electrons. The van der Waals surface area contributed by atoms with Gasteiger partial charge in [0.1, 0.15) is 18.2 Å². The van der Waals surface area contributed by atoms with Crippen molar-refractivity contribution in [3.63, 3.8) is 0 Å². The molecule has 0 saturated carbocycles. The summed E-state index contributed by atoms with van der Waals surface area (Å²) in [6, 6.07) is 11.3. The number of hydrogen-bond donors (Lipinski definition) is 0. The normalized spacial score (nSPS) is 10.0. The minimum absolute atomic E-state index is 0.0113. The van der Waals surface area contributed by atoms with Crippen LogP contribution in [-0.2, 0) is 6.61 Å². The van der Waals surface area contributed by atoms with Gasteiger partial charge in [-0.15, -0.1) is 0 Å². The Labute approximate surface area is 122 Å². The van der Waals surface area contributed by atoms with Gasteiger partial charge in [-0.3, -0.25) is 4.79 Å². The van der Waals surface area contributed by atoms with Crippen LogP contribution in [0.3, 0.4) is 0 Å². The highest BCUT2D eigenvalue weighted by Gasteiger charge is 2.07. The molecule has 21 heavy (non-hydrogen) atoms. The molecule has 0 fully saturated rings. The summed E-state index contributed by atoms with van der Waals surface area (Å²) in [5.41, 5.74) is 2.09. The number of Topliss-reactive ketones (excluding diaryl/α,β-unsaturated/α-hetero) is 1. The third-order valence-corrected chi connectivity index (χ3v) is 3.15. The first-order valence-corrected chi connectivity index (χ1v) is 6.44. The Morgan fingerprint density at radius 1 is 1.29 bits per heavy atom. The van der Waals surface area contributed by atoms with Crippen molar-refractivity contribution in [2.75, 3.05) is 0 Å². The molecule has 0 bridgehead atoms. The van der Waals surface area contributed by atoms with E-state index < -0.39 is 5.82 Å². The molecule has 0 amide bonds. The van der Waals surface area contributed by atoms with Crippen LogP contribution in [0, 0.1) is 24.1 Å². The molecular weight excluding hydrogens is 269 g/mol. The molecule has 0 aromatic heterocycles. The summed E-state index contributed by atoms with van der Waals surface area (Å²) in [7, 11) is 0. The van der Waals surface area contributed by atoms with E-state index in [1.165, 1.54) is 19.1 Å². The summed E-state index contributed by atoms with van der Waals surface area (Å²) >= 11 is 0. The third-order valence-electron chi connectivity index (χ3n) is 3.15. The van der Waals surface area contributed by atoms with E-state index in [1.807, 2.05) is 13.0 Å². The summed E-state index contributed by atoms with van der Waals surface area (Å²) in [6.45, 7) is 3.40. The van der Waals surface area contributed by atoms with Crippen LogP contribution in [0.15, 0.2) is 36.4 Å². The van der Waals surface area contributed by atoms with Crippen LogP contribution in [0.5, 0.6) is 5.75 Å². The first kappa shape index (κ1) is 14.7. The minimum Gasteiger partial charge on any atom is -0.489 e. The molecule has 0 aliphatic heterocycles. The second kappa shape index (κ2) is 6.19. The standard InChI is InChI=1S/C17H14FNO2/c1-11-7-14(12(2)20)5-6-17(11)21-10-15-4-3-13(9-19)8-16(15)18/h3-8H,10H2,1-2H3. The Balaban J connectivity index is 2.13. The maximum absolute atomic E-state index is 13.7. The van der Waals surface area contributed by atoms with Gasteiger partial charge in [-0.25, -0.2) is 4.39 Å². The molecule has 0 unspecified atom stereocenters. The zero-order valence-corrected chi connectivity index (χ0v) is 11.8. The topological polar surface area (TPSA) is 50.1 Å². The highest BCUT2D eigenvalue weighted by Crippen LogP contribution is 2.21. The van der Waals surface area contributed by atoms with E-state index in [2.05, 4.69) is 0 Å². The lowest BCUT2D eigenvalue weighted by Gasteiger charge is -2.10. The van der Waals surface area contributed by atoms with Gasteiger partial charge in [0.25, 0.3) is 0 Å². The fourth-order valence-corrected chi connectivity index (χ4v) is 1.92. The van der Waals surface area contributed by atoms with E-state index in [1.54, 1.807) is 24.3 Å². The van der Waals surface area contributed by atoms with Crippen molar-refractivity contribution in [1.29, 1.82) is 5.26 Å². The zero-order chi connectivity index (χ0) is 15.4. The molecule has 0 aliphatic carbocycles. The van der Waals surface area contributed by atoms with Gasteiger partial charge in [-0.1, -0.05) is 6.07 Å². The first-order chi connectivity index (χ1) is 10.0. The van der Waals surface area contributed by atoms with E-state index in [0.717, 1.165) is 5.56 Å². The highest BCUT2D eigenvalue weighted by molar-refractivity contribution is 5.94. The maximum Gasteiger partial charge on any atom is 0.159 e. The summed E-state index contributed by atoms with van der Waals surface area (Å²) in [4.78, 5) is 11.3. The lowest BCUT2D eigenvalue weighted by atomic mass is 10.1. The summed E-state index contributed by atoms with van der Waals surface area (Å²) < 4.78 is 19.3. The molecule has 0 aliphatic rings. The smallest absolute Gasteiger partial charge is 0.159 e. The Bertz CT molecular complexity index is 732. The van der Waals surface area contributed by atoms with Gasteiger partial charge in [-0.05, 0) is 49.7 Å². The van der Waals surface area contributed by atoms with Crippen LogP contribution in [0.2, 0.25) is 0 Å². The average Bonchev–Trinajstić information content (AvgIpc) is 2.46. The minimum atomic E-state index is -0.466. The second-order valence-electron chi connectivity index (χ2n) is 4.74. The van der Waals surface area contributed by atoms with Crippen molar-refractivity contribution >= 4 is 5.78 Å². The number of hydrogen-bond acceptors (Lipinski definition) is 3. The van der Waals surface area contributed by atoms with Gasteiger partial charge in [-0.2, -0.15) is 5.26 Å². The van der Waals surface area contributed by atoms with Gasteiger partial charge in [0, 0.05) is 11.1 Å². The molecule has 0 spiro atoms. The number of aryl methyl sites for hydroxylation is 1. The molecule has 2 aromatic rings. The Morgan fingerprint density at radius 3 is 2.62 bits per heavy atom. The molecule has 4 heteroatoms. The number of rotatable bonds is 4. The van der Waals surface area contributed by atoms with Crippen molar-refractivity contribution in [2.24, 2.45) is 0 Å². The third kappa shape index (κ3) is 3.46. The molecule has 0 N–H and O–H groups in total. The molecule has 2 rings (SSSR count). The predicted octanol–water partition coefficient (Wildman–Crippen LogP) is 3.79. The summed E-state index contributed by atoms with van der Waals surface area (Å²) in [5, 5.41) is 8.69. The molecular formula is C17H14FNO2. The van der Waals surface area contributed by atoms with Gasteiger partial charge < -0.3 is 4.74 Å². The van der Waals surface area contributed by atoms with Crippen LogP contribution < -0.4 is 4.74 Å². The number of ketones is 1. The monoisotopic (exact) mass is 283 g/mol. The SMILES string of the molecule is CC(=O)c1ccc(OCc2ccc(C#N)cc2F)c(C)c1. The van der Waals surface area contributed by atoms with Gasteiger partial charge >= 0.3 is 0 Å². The summed E-state index contributed by atoms with van der Waals surface area (Å²) in [5.74, 6) is 0.124. The molecule has 3 nitrogen and oxygen atoms in total. The average molecular weight is 283 g/mol. The molecule has 0 atom stereocenters. The number of halogens is 1. The predicted molar refractivity (Wildman–Crippen MR) is 76.6 cm³/mol. The number of carbonyl (C=O) groups excluding carboxylic acids is 1. The van der Waals surface area contributed by atoms with Crippen LogP contribution in [0.25, 0.3) is 0 Å². The van der Waals surface area contributed by atoms with E-state index >= 15 is 0 Å². The van der Waals surface area contributed by atoms with E-state index in [4.69, 9.17) is 10.00 Å². The number of benzene rings is 2. The van der Waals surface area contributed by atoms with Gasteiger partial charge in [0.15, 0.2) is 5.78 Å². The van der Waals surface area contributed by atoms with Gasteiger partial charge in [0.2, 0.25) is 0 Å². The van der Waals surface area contributed by atoms with E-state index in [0.29, 0.717) is 16.9 Å². The lowest BCUT2D eigenvalue weighted by Crippen LogP contribution is -2.01. The molecule has 0 heterocycles. The highest BCUT2D eigenvalue weighted by atomic mass is 19.1. The maximum atomic E-state index is 13.7.